The van der Waals surface area contributed by atoms with Gasteiger partial charge in [-0.1, -0.05) is 12.1 Å². The SMILES string of the molecule is O=c1c(NCc2cccc(O)c2)c(Nc2ccc3[nH][nH]c(=O)c3c2)c1=O. The van der Waals surface area contributed by atoms with Crippen molar-refractivity contribution in [2.45, 2.75) is 6.54 Å². The van der Waals surface area contributed by atoms with Crippen LogP contribution in [0.15, 0.2) is 56.8 Å². The van der Waals surface area contributed by atoms with Crippen LogP contribution in [-0.4, -0.2) is 15.3 Å². The molecule has 0 aliphatic rings. The maximum Gasteiger partial charge on any atom is 0.271 e. The lowest BCUT2D eigenvalue weighted by molar-refractivity contribution is 0.474. The van der Waals surface area contributed by atoms with Crippen molar-refractivity contribution in [2.75, 3.05) is 10.6 Å². The fraction of sp³-hybridized carbons (Fsp3) is 0.0556. The van der Waals surface area contributed by atoms with Crippen molar-refractivity contribution in [3.63, 3.8) is 0 Å². The second-order valence-electron chi connectivity index (χ2n) is 5.90. The Hall–Kier alpha value is -3.81. The summed E-state index contributed by atoms with van der Waals surface area (Å²) >= 11 is 0. The van der Waals surface area contributed by atoms with Crippen LogP contribution in [0.4, 0.5) is 17.1 Å². The fourth-order valence-corrected chi connectivity index (χ4v) is 2.79. The van der Waals surface area contributed by atoms with E-state index in [9.17, 15) is 19.5 Å². The standard InChI is InChI=1S/C18H14N4O4/c23-11-3-1-2-9(6-11)8-19-14-15(17(25)16(14)24)20-10-4-5-13-12(7-10)18(26)22-21-13/h1-7,19-20,23H,8H2,(H2,21,22,26). The molecule has 0 fully saturated rings. The van der Waals surface area contributed by atoms with Crippen molar-refractivity contribution in [3.8, 4) is 5.75 Å². The van der Waals surface area contributed by atoms with E-state index in [0.717, 1.165) is 5.56 Å². The molecule has 0 amide bonds. The number of fused-ring (bicyclic) bond motifs is 1. The number of benzene rings is 2. The van der Waals surface area contributed by atoms with E-state index < -0.39 is 10.9 Å². The van der Waals surface area contributed by atoms with Crippen molar-refractivity contribution in [3.05, 3.63) is 78.8 Å². The minimum atomic E-state index is -0.619. The molecule has 0 saturated heterocycles. The molecule has 0 aliphatic heterocycles. The number of aromatic amines is 2. The lowest BCUT2D eigenvalue weighted by atomic mass is 10.1. The van der Waals surface area contributed by atoms with E-state index in [1.54, 1.807) is 42.5 Å². The highest BCUT2D eigenvalue weighted by atomic mass is 16.3. The predicted molar refractivity (Wildman–Crippen MR) is 99.0 cm³/mol. The molecule has 0 spiro atoms. The van der Waals surface area contributed by atoms with Crippen LogP contribution in [0.25, 0.3) is 10.9 Å². The summed E-state index contributed by atoms with van der Waals surface area (Å²) in [6, 6.07) is 11.6. The maximum absolute atomic E-state index is 11.9. The van der Waals surface area contributed by atoms with Gasteiger partial charge in [0, 0.05) is 12.2 Å². The Morgan fingerprint density at radius 1 is 0.923 bits per heavy atom. The number of phenolic OH excluding ortho intramolecular Hbond substituents is 1. The van der Waals surface area contributed by atoms with Gasteiger partial charge in [-0.2, -0.15) is 0 Å². The van der Waals surface area contributed by atoms with E-state index in [0.29, 0.717) is 16.6 Å². The molecule has 4 rings (SSSR count). The first kappa shape index (κ1) is 15.7. The number of phenols is 1. The summed E-state index contributed by atoms with van der Waals surface area (Å²) in [5, 5.41) is 21.0. The Morgan fingerprint density at radius 3 is 2.54 bits per heavy atom. The van der Waals surface area contributed by atoms with Gasteiger partial charge in [-0.3, -0.25) is 24.6 Å². The van der Waals surface area contributed by atoms with Gasteiger partial charge in [-0.15, -0.1) is 0 Å². The molecule has 0 saturated carbocycles. The van der Waals surface area contributed by atoms with Crippen molar-refractivity contribution in [1.29, 1.82) is 0 Å². The first-order valence-electron chi connectivity index (χ1n) is 7.85. The molecular formula is C18H14N4O4. The quantitative estimate of drug-likeness (QED) is 0.347. The number of nitrogens with one attached hydrogen (secondary N) is 4. The van der Waals surface area contributed by atoms with Gasteiger partial charge >= 0.3 is 0 Å². The van der Waals surface area contributed by atoms with E-state index in [1.165, 1.54) is 0 Å². The summed E-state index contributed by atoms with van der Waals surface area (Å²) in [6.45, 7) is 0.282. The number of rotatable bonds is 5. The number of anilines is 3. The first-order chi connectivity index (χ1) is 12.5. The third kappa shape index (κ3) is 2.63. The number of hydrogen-bond donors (Lipinski definition) is 5. The highest BCUT2D eigenvalue weighted by molar-refractivity contribution is 5.85. The van der Waals surface area contributed by atoms with Gasteiger partial charge in [0.25, 0.3) is 16.4 Å². The number of aromatic nitrogens is 2. The molecule has 1 aromatic heterocycles. The second kappa shape index (κ2) is 5.92. The van der Waals surface area contributed by atoms with E-state index in [1.807, 2.05) is 0 Å². The largest absolute Gasteiger partial charge is 0.508 e. The molecule has 1 heterocycles. The summed E-state index contributed by atoms with van der Waals surface area (Å²) in [6.07, 6.45) is 0. The zero-order chi connectivity index (χ0) is 18.3. The van der Waals surface area contributed by atoms with Crippen LogP contribution in [0, 0.1) is 0 Å². The molecule has 8 nitrogen and oxygen atoms in total. The van der Waals surface area contributed by atoms with Crippen LogP contribution in [0.2, 0.25) is 0 Å². The van der Waals surface area contributed by atoms with E-state index in [-0.39, 0.29) is 29.2 Å². The van der Waals surface area contributed by atoms with Crippen LogP contribution in [0.3, 0.4) is 0 Å². The normalized spacial score (nSPS) is 11.1. The van der Waals surface area contributed by atoms with Gasteiger partial charge in [0.2, 0.25) is 0 Å². The average Bonchev–Trinajstić information content (AvgIpc) is 3.01. The zero-order valence-electron chi connectivity index (χ0n) is 13.4. The smallest absolute Gasteiger partial charge is 0.271 e. The average molecular weight is 350 g/mol. The molecule has 26 heavy (non-hydrogen) atoms. The summed E-state index contributed by atoms with van der Waals surface area (Å²) < 4.78 is 0. The van der Waals surface area contributed by atoms with Crippen molar-refractivity contribution < 1.29 is 5.11 Å². The topological polar surface area (TPSA) is 127 Å². The van der Waals surface area contributed by atoms with Gasteiger partial charge in [0.1, 0.15) is 17.1 Å². The van der Waals surface area contributed by atoms with Crippen molar-refractivity contribution in [2.24, 2.45) is 0 Å². The van der Waals surface area contributed by atoms with Crippen molar-refractivity contribution >= 4 is 28.0 Å². The molecule has 8 heteroatoms. The molecule has 0 bridgehead atoms. The molecule has 5 N–H and O–H groups in total. The van der Waals surface area contributed by atoms with E-state index in [2.05, 4.69) is 20.8 Å². The van der Waals surface area contributed by atoms with Crippen molar-refractivity contribution in [1.82, 2.24) is 10.2 Å². The monoisotopic (exact) mass is 350 g/mol. The highest BCUT2D eigenvalue weighted by Crippen LogP contribution is 2.23. The molecule has 4 aromatic rings. The van der Waals surface area contributed by atoms with Gasteiger partial charge < -0.3 is 15.7 Å². The van der Waals surface area contributed by atoms with Crippen LogP contribution < -0.4 is 27.1 Å². The number of H-pyrrole nitrogens is 2. The van der Waals surface area contributed by atoms with Crippen LogP contribution in [0.5, 0.6) is 5.75 Å². The Kier molecular flexibility index (Phi) is 3.58. The molecular weight excluding hydrogens is 336 g/mol. The molecule has 130 valence electrons. The van der Waals surface area contributed by atoms with Gasteiger partial charge in [-0.05, 0) is 35.9 Å². The van der Waals surface area contributed by atoms with E-state index in [4.69, 9.17) is 0 Å². The molecule has 3 aromatic carbocycles. The van der Waals surface area contributed by atoms with Gasteiger partial charge in [0.05, 0.1) is 10.9 Å². The Labute approximate surface area is 145 Å². The third-order valence-electron chi connectivity index (χ3n) is 4.13. The van der Waals surface area contributed by atoms with Crippen LogP contribution >= 0.6 is 0 Å². The molecule has 0 radical (unpaired) electrons. The number of aromatic hydroxyl groups is 1. The van der Waals surface area contributed by atoms with Gasteiger partial charge in [0.15, 0.2) is 0 Å². The second-order valence-corrected chi connectivity index (χ2v) is 5.90. The lowest BCUT2D eigenvalue weighted by Crippen LogP contribution is -2.36. The molecule has 0 atom stereocenters. The van der Waals surface area contributed by atoms with Crippen LogP contribution in [-0.2, 0) is 6.54 Å². The Bertz CT molecular complexity index is 1240. The lowest BCUT2D eigenvalue weighted by Gasteiger charge is -2.15. The first-order valence-corrected chi connectivity index (χ1v) is 7.85. The minimum Gasteiger partial charge on any atom is -0.508 e. The Balaban J connectivity index is 1.58. The number of hydrogen-bond acceptors (Lipinski definition) is 6. The maximum atomic E-state index is 11.9. The van der Waals surface area contributed by atoms with Crippen LogP contribution in [0.1, 0.15) is 5.56 Å². The Morgan fingerprint density at radius 2 is 1.73 bits per heavy atom. The fourth-order valence-electron chi connectivity index (χ4n) is 2.79. The highest BCUT2D eigenvalue weighted by Gasteiger charge is 2.21. The minimum absolute atomic E-state index is 0.123. The third-order valence-corrected chi connectivity index (χ3v) is 4.13. The van der Waals surface area contributed by atoms with E-state index >= 15 is 0 Å². The summed E-state index contributed by atoms with van der Waals surface area (Å²) in [7, 11) is 0. The molecule has 0 unspecified atom stereocenters. The summed E-state index contributed by atoms with van der Waals surface area (Å²) in [5.41, 5.74) is 0.783. The molecule has 0 aliphatic carbocycles. The van der Waals surface area contributed by atoms with Gasteiger partial charge in [-0.25, -0.2) is 0 Å². The summed E-state index contributed by atoms with van der Waals surface area (Å²) in [4.78, 5) is 35.4. The zero-order valence-corrected chi connectivity index (χ0v) is 13.4. The predicted octanol–water partition coefficient (Wildman–Crippen LogP) is 1.51. The summed E-state index contributed by atoms with van der Waals surface area (Å²) in [5.74, 6) is 0.123.